The van der Waals surface area contributed by atoms with E-state index in [1.54, 1.807) is 27.8 Å². The summed E-state index contributed by atoms with van der Waals surface area (Å²) in [7, 11) is -3.54. The van der Waals surface area contributed by atoms with Crippen LogP contribution in [-0.2, 0) is 10.0 Å². The predicted octanol–water partition coefficient (Wildman–Crippen LogP) is 5.64. The number of piperidine rings is 1. The molecule has 2 heterocycles. The lowest BCUT2D eigenvalue weighted by Gasteiger charge is -2.30. The molecular weight excluding hydrogens is 466 g/mol. The van der Waals surface area contributed by atoms with Crippen molar-refractivity contribution < 1.29 is 13.2 Å². The first-order valence-corrected chi connectivity index (χ1v) is 13.5. The molecule has 5 rings (SSSR count). The number of rotatable bonds is 5. The number of hydrogen-bond acceptors (Lipinski definition) is 5. The van der Waals surface area contributed by atoms with Crippen molar-refractivity contribution in [3.8, 4) is 10.6 Å². The van der Waals surface area contributed by atoms with Gasteiger partial charge in [0.05, 0.1) is 15.1 Å². The second-order valence-corrected chi connectivity index (χ2v) is 11.6. The smallest absolute Gasteiger partial charge is 0.255 e. The van der Waals surface area contributed by atoms with Crippen molar-refractivity contribution in [3.05, 3.63) is 78.4 Å². The summed E-state index contributed by atoms with van der Waals surface area (Å²) in [5.41, 5.74) is 3.02. The molecule has 1 saturated heterocycles. The SMILES string of the molecule is C[C@@H]1CCCN(S(=O)(=O)c2ccc(C(=O)Nc3ccc(-c4nc5ccccc5s4)cc3)cc2)C1. The Morgan fingerprint density at radius 1 is 1.03 bits per heavy atom. The molecule has 34 heavy (non-hydrogen) atoms. The normalized spacial score (nSPS) is 17.0. The van der Waals surface area contributed by atoms with Gasteiger partial charge in [-0.15, -0.1) is 11.3 Å². The lowest BCUT2D eigenvalue weighted by molar-refractivity contribution is 0.102. The first-order valence-electron chi connectivity index (χ1n) is 11.3. The summed E-state index contributed by atoms with van der Waals surface area (Å²) >= 11 is 1.63. The Hall–Kier alpha value is -3.07. The van der Waals surface area contributed by atoms with Crippen molar-refractivity contribution in [2.45, 2.75) is 24.7 Å². The number of carbonyl (C=O) groups is 1. The lowest BCUT2D eigenvalue weighted by atomic mass is 10.0. The first kappa shape index (κ1) is 22.7. The van der Waals surface area contributed by atoms with E-state index < -0.39 is 10.0 Å². The van der Waals surface area contributed by atoms with Gasteiger partial charge in [0.2, 0.25) is 10.0 Å². The minimum absolute atomic E-state index is 0.221. The topological polar surface area (TPSA) is 79.4 Å². The third-order valence-corrected chi connectivity index (χ3v) is 9.02. The van der Waals surface area contributed by atoms with Crippen molar-refractivity contribution in [3.63, 3.8) is 0 Å². The molecule has 174 valence electrons. The highest BCUT2D eigenvalue weighted by molar-refractivity contribution is 7.89. The Kier molecular flexibility index (Phi) is 6.20. The number of hydrogen-bond donors (Lipinski definition) is 1. The molecule has 8 heteroatoms. The maximum atomic E-state index is 12.9. The highest BCUT2D eigenvalue weighted by Crippen LogP contribution is 2.30. The van der Waals surface area contributed by atoms with Gasteiger partial charge in [0.25, 0.3) is 5.91 Å². The van der Waals surface area contributed by atoms with E-state index in [0.29, 0.717) is 30.3 Å². The molecule has 0 radical (unpaired) electrons. The third-order valence-electron chi connectivity index (χ3n) is 6.06. The van der Waals surface area contributed by atoms with Crippen LogP contribution >= 0.6 is 11.3 Å². The zero-order valence-electron chi connectivity index (χ0n) is 18.8. The summed E-state index contributed by atoms with van der Waals surface area (Å²) in [6.45, 7) is 3.15. The Balaban J connectivity index is 1.27. The standard InChI is InChI=1S/C26H25N3O3S2/c1-18-5-4-16-29(17-18)34(31,32)22-14-10-19(11-15-22)25(30)27-21-12-8-20(9-13-21)26-28-23-6-2-3-7-24(23)33-26/h2-3,6-15,18H,4-5,16-17H2,1H3,(H,27,30)/t18-/m1/s1. The Morgan fingerprint density at radius 3 is 2.47 bits per heavy atom. The van der Waals surface area contributed by atoms with Gasteiger partial charge in [0.1, 0.15) is 5.01 Å². The number of aromatic nitrogens is 1. The van der Waals surface area contributed by atoms with Crippen LogP contribution in [0.15, 0.2) is 77.7 Å². The van der Waals surface area contributed by atoms with E-state index in [-0.39, 0.29) is 10.8 Å². The van der Waals surface area contributed by atoms with Crippen LogP contribution in [0.1, 0.15) is 30.1 Å². The van der Waals surface area contributed by atoms with Crippen LogP contribution in [0.5, 0.6) is 0 Å². The van der Waals surface area contributed by atoms with Crippen LogP contribution < -0.4 is 5.32 Å². The molecule has 1 aromatic heterocycles. The Morgan fingerprint density at radius 2 is 1.76 bits per heavy atom. The number of benzene rings is 3. The maximum absolute atomic E-state index is 12.9. The summed E-state index contributed by atoms with van der Waals surface area (Å²) in [6, 6.07) is 21.7. The Labute approximate surface area is 203 Å². The quantitative estimate of drug-likeness (QED) is 0.392. The molecule has 4 aromatic rings. The third kappa shape index (κ3) is 4.61. The number of thiazole rings is 1. The number of nitrogens with one attached hydrogen (secondary N) is 1. The Bertz CT molecular complexity index is 1400. The number of amides is 1. The largest absolute Gasteiger partial charge is 0.322 e. The molecule has 1 aliphatic rings. The molecule has 0 saturated carbocycles. The van der Waals surface area contributed by atoms with Crippen LogP contribution in [0.3, 0.4) is 0 Å². The van der Waals surface area contributed by atoms with E-state index in [1.165, 1.54) is 12.1 Å². The van der Waals surface area contributed by atoms with E-state index in [2.05, 4.69) is 23.3 Å². The van der Waals surface area contributed by atoms with E-state index in [0.717, 1.165) is 33.6 Å². The summed E-state index contributed by atoms with van der Waals surface area (Å²) < 4.78 is 28.5. The number of nitrogens with zero attached hydrogens (tertiary/aromatic N) is 2. The summed E-state index contributed by atoms with van der Waals surface area (Å²) in [4.78, 5) is 17.6. The monoisotopic (exact) mass is 491 g/mol. The molecular formula is C26H25N3O3S2. The van der Waals surface area contributed by atoms with Gasteiger partial charge >= 0.3 is 0 Å². The first-order chi connectivity index (χ1) is 16.4. The fourth-order valence-electron chi connectivity index (χ4n) is 4.19. The average Bonchev–Trinajstić information content (AvgIpc) is 3.29. The molecule has 3 aromatic carbocycles. The van der Waals surface area contributed by atoms with Crippen molar-refractivity contribution in [1.82, 2.24) is 9.29 Å². The molecule has 0 aliphatic carbocycles. The molecule has 1 N–H and O–H groups in total. The zero-order valence-corrected chi connectivity index (χ0v) is 20.4. The highest BCUT2D eigenvalue weighted by atomic mass is 32.2. The lowest BCUT2D eigenvalue weighted by Crippen LogP contribution is -2.39. The maximum Gasteiger partial charge on any atom is 0.255 e. The molecule has 1 amide bonds. The molecule has 0 unspecified atom stereocenters. The number of sulfonamides is 1. The van der Waals surface area contributed by atoms with Gasteiger partial charge in [-0.1, -0.05) is 19.1 Å². The van der Waals surface area contributed by atoms with Crippen LogP contribution in [0.25, 0.3) is 20.8 Å². The number of fused-ring (bicyclic) bond motifs is 1. The minimum Gasteiger partial charge on any atom is -0.322 e. The van der Waals surface area contributed by atoms with Gasteiger partial charge in [0, 0.05) is 29.9 Å². The fraction of sp³-hybridized carbons (Fsp3) is 0.231. The summed E-state index contributed by atoms with van der Waals surface area (Å²) in [6.07, 6.45) is 1.92. The van der Waals surface area contributed by atoms with E-state index in [9.17, 15) is 13.2 Å². The number of anilines is 1. The van der Waals surface area contributed by atoms with E-state index in [1.807, 2.05) is 42.5 Å². The van der Waals surface area contributed by atoms with Gasteiger partial charge in [-0.05, 0) is 79.4 Å². The molecule has 1 fully saturated rings. The van der Waals surface area contributed by atoms with Crippen molar-refractivity contribution in [2.24, 2.45) is 5.92 Å². The molecule has 1 atom stereocenters. The molecule has 0 bridgehead atoms. The van der Waals surface area contributed by atoms with Crippen LogP contribution in [0.2, 0.25) is 0 Å². The van der Waals surface area contributed by atoms with Gasteiger partial charge in [-0.2, -0.15) is 4.31 Å². The van der Waals surface area contributed by atoms with Crippen molar-refractivity contribution in [2.75, 3.05) is 18.4 Å². The van der Waals surface area contributed by atoms with Crippen molar-refractivity contribution in [1.29, 1.82) is 0 Å². The highest BCUT2D eigenvalue weighted by Gasteiger charge is 2.28. The van der Waals surface area contributed by atoms with Crippen LogP contribution in [0.4, 0.5) is 5.69 Å². The van der Waals surface area contributed by atoms with Crippen LogP contribution in [0, 0.1) is 5.92 Å². The predicted molar refractivity (Wildman–Crippen MR) is 137 cm³/mol. The van der Waals surface area contributed by atoms with Gasteiger partial charge in [0.15, 0.2) is 0 Å². The molecule has 1 aliphatic heterocycles. The zero-order chi connectivity index (χ0) is 23.7. The van der Waals surface area contributed by atoms with Gasteiger partial charge in [-0.3, -0.25) is 4.79 Å². The molecule has 0 spiro atoms. The second kappa shape index (κ2) is 9.29. The molecule has 6 nitrogen and oxygen atoms in total. The van der Waals surface area contributed by atoms with Crippen LogP contribution in [-0.4, -0.2) is 36.7 Å². The van der Waals surface area contributed by atoms with Gasteiger partial charge in [-0.25, -0.2) is 13.4 Å². The number of carbonyl (C=O) groups excluding carboxylic acids is 1. The minimum atomic E-state index is -3.54. The second-order valence-electron chi connectivity index (χ2n) is 8.65. The average molecular weight is 492 g/mol. The summed E-state index contributed by atoms with van der Waals surface area (Å²) in [5.74, 6) is 0.0675. The van der Waals surface area contributed by atoms with E-state index >= 15 is 0 Å². The number of para-hydroxylation sites is 1. The van der Waals surface area contributed by atoms with Gasteiger partial charge < -0.3 is 5.32 Å². The fourth-order valence-corrected chi connectivity index (χ4v) is 6.76. The summed E-state index contributed by atoms with van der Waals surface area (Å²) in [5, 5.41) is 3.80. The van der Waals surface area contributed by atoms with Crippen molar-refractivity contribution >= 4 is 43.2 Å². The van der Waals surface area contributed by atoms with E-state index in [4.69, 9.17) is 0 Å².